The van der Waals surface area contributed by atoms with E-state index in [1.165, 1.54) is 30.3 Å². The summed E-state index contributed by atoms with van der Waals surface area (Å²) in [6.07, 6.45) is -0.972. The van der Waals surface area contributed by atoms with E-state index in [0.717, 1.165) is 0 Å². The number of ether oxygens (including phenoxy) is 2. The molecule has 0 saturated heterocycles. The van der Waals surface area contributed by atoms with E-state index in [1.54, 1.807) is 32.9 Å². The zero-order valence-electron chi connectivity index (χ0n) is 17.3. The summed E-state index contributed by atoms with van der Waals surface area (Å²) >= 11 is 0. The third kappa shape index (κ3) is 7.18. The quantitative estimate of drug-likeness (QED) is 0.424. The van der Waals surface area contributed by atoms with Crippen LogP contribution < -0.4 is 10.1 Å². The molecule has 0 aliphatic carbocycles. The molecule has 2 aromatic rings. The van der Waals surface area contributed by atoms with Gasteiger partial charge >= 0.3 is 12.1 Å². The van der Waals surface area contributed by atoms with Gasteiger partial charge in [0, 0.05) is 12.5 Å². The van der Waals surface area contributed by atoms with Gasteiger partial charge in [0.1, 0.15) is 18.2 Å². The predicted molar refractivity (Wildman–Crippen MR) is 110 cm³/mol. The molecule has 31 heavy (non-hydrogen) atoms. The molecule has 2 aromatic carbocycles. The van der Waals surface area contributed by atoms with Gasteiger partial charge in [0.2, 0.25) is 0 Å². The molecule has 1 amide bonds. The second kappa shape index (κ2) is 9.79. The smallest absolute Gasteiger partial charge is 0.408 e. The van der Waals surface area contributed by atoms with Crippen molar-refractivity contribution in [3.05, 3.63) is 63.7 Å². The normalized spacial score (nSPS) is 12.0. The Morgan fingerprint density at radius 2 is 1.87 bits per heavy atom. The fourth-order valence-electron chi connectivity index (χ4n) is 2.66. The highest BCUT2D eigenvalue weighted by molar-refractivity contribution is 5.80. The topological polar surface area (TPSA) is 148 Å². The molecule has 0 saturated carbocycles. The highest BCUT2D eigenvalue weighted by atomic mass is 16.6. The minimum Gasteiger partial charge on any atom is -0.504 e. The number of nitro groups is 1. The molecule has 1 atom stereocenters. The van der Waals surface area contributed by atoms with Gasteiger partial charge in [0.25, 0.3) is 5.69 Å². The minimum absolute atomic E-state index is 0.0777. The Labute approximate surface area is 178 Å². The van der Waals surface area contributed by atoms with Crippen molar-refractivity contribution in [2.45, 2.75) is 45.4 Å². The van der Waals surface area contributed by atoms with Gasteiger partial charge in [-0.1, -0.05) is 18.2 Å². The van der Waals surface area contributed by atoms with Gasteiger partial charge in [-0.3, -0.25) is 10.1 Å². The van der Waals surface area contributed by atoms with Crippen LogP contribution in [0.2, 0.25) is 0 Å². The summed E-state index contributed by atoms with van der Waals surface area (Å²) in [5.74, 6) is -1.45. The summed E-state index contributed by atoms with van der Waals surface area (Å²) in [6, 6.07) is 9.06. The van der Waals surface area contributed by atoms with Crippen molar-refractivity contribution in [1.29, 1.82) is 0 Å². The summed E-state index contributed by atoms with van der Waals surface area (Å²) < 4.78 is 10.5. The number of alkyl carbamates (subject to hydrolysis) is 1. The molecule has 0 radical (unpaired) electrons. The average molecular weight is 432 g/mol. The number of aliphatic carboxylic acids is 1. The van der Waals surface area contributed by atoms with Crippen LogP contribution in [0.25, 0.3) is 0 Å². The van der Waals surface area contributed by atoms with Crippen LogP contribution in [0.1, 0.15) is 31.9 Å². The molecule has 0 unspecified atom stereocenters. The lowest BCUT2D eigenvalue weighted by Gasteiger charge is -2.22. The van der Waals surface area contributed by atoms with Gasteiger partial charge in [-0.2, -0.15) is 0 Å². The fourth-order valence-corrected chi connectivity index (χ4v) is 2.66. The van der Waals surface area contributed by atoms with Crippen LogP contribution in [-0.4, -0.2) is 38.8 Å². The van der Waals surface area contributed by atoms with Crippen molar-refractivity contribution in [2.24, 2.45) is 0 Å². The van der Waals surface area contributed by atoms with Crippen molar-refractivity contribution in [3.8, 4) is 11.5 Å². The first kappa shape index (κ1) is 23.5. The Bertz CT molecular complexity index is 968. The summed E-state index contributed by atoms with van der Waals surface area (Å²) in [5, 5.41) is 32.9. The Hall–Kier alpha value is -3.82. The van der Waals surface area contributed by atoms with E-state index < -0.39 is 28.6 Å². The minimum atomic E-state index is -1.27. The third-order valence-electron chi connectivity index (χ3n) is 4.02. The van der Waals surface area contributed by atoms with Crippen molar-refractivity contribution < 1.29 is 34.2 Å². The van der Waals surface area contributed by atoms with Crippen molar-refractivity contribution in [2.75, 3.05) is 0 Å². The number of phenols is 1. The fraction of sp³-hybridized carbons (Fsp3) is 0.333. The molecule has 0 aliphatic rings. The van der Waals surface area contributed by atoms with E-state index in [4.69, 9.17) is 9.47 Å². The van der Waals surface area contributed by atoms with Crippen LogP contribution in [0.3, 0.4) is 0 Å². The number of benzene rings is 2. The standard InChI is InChI=1S/C21H24N2O8/c1-21(2,3)31-20(27)22-15(19(25)26)10-13-8-9-18(17(24)11-13)30-12-14-6-4-5-7-16(14)23(28)29/h4-9,11,15,24H,10,12H2,1-3H3,(H,22,27)(H,25,26)/t15-/m0/s1. The number of hydrogen-bond donors (Lipinski definition) is 3. The number of amides is 1. The lowest BCUT2D eigenvalue weighted by atomic mass is 10.1. The number of carbonyl (C=O) groups excluding carboxylic acids is 1. The molecule has 10 nitrogen and oxygen atoms in total. The van der Waals surface area contributed by atoms with E-state index >= 15 is 0 Å². The molecule has 0 heterocycles. The van der Waals surface area contributed by atoms with E-state index in [-0.39, 0.29) is 30.2 Å². The summed E-state index contributed by atoms with van der Waals surface area (Å²) in [5.41, 5.74) is -0.114. The van der Waals surface area contributed by atoms with Gasteiger partial charge in [-0.25, -0.2) is 9.59 Å². The first-order valence-corrected chi connectivity index (χ1v) is 9.35. The monoisotopic (exact) mass is 432 g/mol. The van der Waals surface area contributed by atoms with Crippen LogP contribution in [0.5, 0.6) is 11.5 Å². The number of phenolic OH excluding ortho intramolecular Hbond substituents is 1. The zero-order valence-corrected chi connectivity index (χ0v) is 17.3. The molecule has 0 bridgehead atoms. The lowest BCUT2D eigenvalue weighted by Crippen LogP contribution is -2.44. The second-order valence-electron chi connectivity index (χ2n) is 7.72. The SMILES string of the molecule is CC(C)(C)OC(=O)N[C@@H](Cc1ccc(OCc2ccccc2[N+](=O)[O-])c(O)c1)C(=O)O. The van der Waals surface area contributed by atoms with Gasteiger partial charge in [-0.15, -0.1) is 0 Å². The zero-order chi connectivity index (χ0) is 23.2. The summed E-state index contributed by atoms with van der Waals surface area (Å²) in [7, 11) is 0. The summed E-state index contributed by atoms with van der Waals surface area (Å²) in [6.45, 7) is 4.83. The molecule has 0 aliphatic heterocycles. The number of carbonyl (C=O) groups is 2. The maximum atomic E-state index is 11.9. The van der Waals surface area contributed by atoms with Crippen LogP contribution in [-0.2, 0) is 22.6 Å². The maximum absolute atomic E-state index is 11.9. The van der Waals surface area contributed by atoms with Gasteiger partial charge in [0.05, 0.1) is 10.5 Å². The van der Waals surface area contributed by atoms with Gasteiger partial charge in [-0.05, 0) is 44.5 Å². The van der Waals surface area contributed by atoms with E-state index in [0.29, 0.717) is 11.1 Å². The van der Waals surface area contributed by atoms with E-state index in [9.17, 15) is 29.9 Å². The molecule has 166 valence electrons. The number of nitrogens with one attached hydrogen (secondary N) is 1. The third-order valence-corrected chi connectivity index (χ3v) is 4.02. The van der Waals surface area contributed by atoms with Crippen molar-refractivity contribution in [1.82, 2.24) is 5.32 Å². The Kier molecular flexibility index (Phi) is 7.41. The average Bonchev–Trinajstić information content (AvgIpc) is 2.65. The number of aromatic hydroxyl groups is 1. The summed E-state index contributed by atoms with van der Waals surface area (Å²) in [4.78, 5) is 33.9. The maximum Gasteiger partial charge on any atom is 0.408 e. The van der Waals surface area contributed by atoms with E-state index in [2.05, 4.69) is 5.32 Å². The van der Waals surface area contributed by atoms with Crippen LogP contribution in [0, 0.1) is 10.1 Å². The molecule has 0 fully saturated rings. The Morgan fingerprint density at radius 3 is 2.45 bits per heavy atom. The molecule has 10 heteroatoms. The number of carboxylic acids is 1. The molecular formula is C21H24N2O8. The molecule has 0 spiro atoms. The molecule has 0 aromatic heterocycles. The van der Waals surface area contributed by atoms with Crippen LogP contribution in [0.15, 0.2) is 42.5 Å². The van der Waals surface area contributed by atoms with E-state index in [1.807, 2.05) is 0 Å². The predicted octanol–water partition coefficient (Wildman–Crippen LogP) is 3.40. The largest absolute Gasteiger partial charge is 0.504 e. The second-order valence-corrected chi connectivity index (χ2v) is 7.72. The van der Waals surface area contributed by atoms with Crippen LogP contribution in [0.4, 0.5) is 10.5 Å². The van der Waals surface area contributed by atoms with Crippen LogP contribution >= 0.6 is 0 Å². The number of nitrogens with zero attached hydrogens (tertiary/aromatic N) is 1. The molecule has 2 rings (SSSR count). The van der Waals surface area contributed by atoms with Gasteiger partial charge < -0.3 is 25.0 Å². The number of rotatable bonds is 8. The Balaban J connectivity index is 2.06. The lowest BCUT2D eigenvalue weighted by molar-refractivity contribution is -0.385. The first-order valence-electron chi connectivity index (χ1n) is 9.35. The molecular weight excluding hydrogens is 408 g/mol. The number of para-hydroxylation sites is 1. The van der Waals surface area contributed by atoms with Crippen molar-refractivity contribution in [3.63, 3.8) is 0 Å². The highest BCUT2D eigenvalue weighted by Crippen LogP contribution is 2.29. The Morgan fingerprint density at radius 1 is 1.19 bits per heavy atom. The number of nitro benzene ring substituents is 1. The first-order chi connectivity index (χ1) is 14.5. The van der Waals surface area contributed by atoms with Crippen molar-refractivity contribution >= 4 is 17.7 Å². The number of carboxylic acid groups (broad SMARTS) is 1. The highest BCUT2D eigenvalue weighted by Gasteiger charge is 2.24. The van der Waals surface area contributed by atoms with Gasteiger partial charge in [0.15, 0.2) is 11.5 Å². The molecule has 3 N–H and O–H groups in total. The number of hydrogen-bond acceptors (Lipinski definition) is 7.